The molecule has 2 rings (SSSR count). The van der Waals surface area contributed by atoms with Crippen LogP contribution in [0.1, 0.15) is 30.9 Å². The predicted octanol–water partition coefficient (Wildman–Crippen LogP) is 3.11. The highest BCUT2D eigenvalue weighted by Gasteiger charge is 2.14. The number of nitrogen functional groups attached to an aromatic ring is 1. The van der Waals surface area contributed by atoms with Gasteiger partial charge in [0.25, 0.3) is 0 Å². The lowest BCUT2D eigenvalue weighted by Gasteiger charge is -2.13. The Balaban J connectivity index is 2.57. The minimum Gasteiger partial charge on any atom is -0.496 e. The van der Waals surface area contributed by atoms with Crippen molar-refractivity contribution in [3.05, 3.63) is 29.3 Å². The molecule has 1 heterocycles. The van der Waals surface area contributed by atoms with Gasteiger partial charge in [-0.1, -0.05) is 13.8 Å². The summed E-state index contributed by atoms with van der Waals surface area (Å²) in [4.78, 5) is 0. The van der Waals surface area contributed by atoms with E-state index >= 15 is 0 Å². The molecule has 0 spiro atoms. The Hall–Kier alpha value is -1.97. The van der Waals surface area contributed by atoms with E-state index in [2.05, 4.69) is 25.0 Å². The maximum atomic E-state index is 5.97. The molecule has 102 valence electrons. The van der Waals surface area contributed by atoms with Crippen molar-refractivity contribution < 1.29 is 4.74 Å². The van der Waals surface area contributed by atoms with Crippen molar-refractivity contribution in [2.75, 3.05) is 12.8 Å². The molecule has 0 amide bonds. The summed E-state index contributed by atoms with van der Waals surface area (Å²) in [7, 11) is 3.56. The molecule has 0 atom stereocenters. The van der Waals surface area contributed by atoms with E-state index in [4.69, 9.17) is 10.5 Å². The normalized spacial score (nSPS) is 11.1. The molecule has 0 unspecified atom stereocenters. The van der Waals surface area contributed by atoms with Gasteiger partial charge in [0.15, 0.2) is 0 Å². The zero-order valence-corrected chi connectivity index (χ0v) is 12.2. The van der Waals surface area contributed by atoms with E-state index in [1.165, 1.54) is 5.56 Å². The minimum atomic E-state index is 0.399. The average Bonchev–Trinajstić information content (AvgIpc) is 2.65. The largest absolute Gasteiger partial charge is 0.496 e. The average molecular weight is 259 g/mol. The lowest BCUT2D eigenvalue weighted by atomic mass is 9.97. The molecule has 0 radical (unpaired) electrons. The van der Waals surface area contributed by atoms with Crippen molar-refractivity contribution in [3.8, 4) is 17.0 Å². The van der Waals surface area contributed by atoms with E-state index in [1.54, 1.807) is 11.8 Å². The smallest absolute Gasteiger partial charge is 0.124 e. The van der Waals surface area contributed by atoms with Gasteiger partial charge in [0.05, 0.1) is 12.8 Å². The number of aromatic nitrogens is 2. The first-order valence-corrected chi connectivity index (χ1v) is 6.43. The summed E-state index contributed by atoms with van der Waals surface area (Å²) >= 11 is 0. The van der Waals surface area contributed by atoms with Crippen LogP contribution < -0.4 is 10.5 Å². The number of nitrogens with two attached hydrogens (primary N) is 1. The molecule has 0 saturated carbocycles. The summed E-state index contributed by atoms with van der Waals surface area (Å²) < 4.78 is 7.12. The van der Waals surface area contributed by atoms with Gasteiger partial charge < -0.3 is 10.5 Å². The van der Waals surface area contributed by atoms with Gasteiger partial charge in [-0.25, -0.2) is 0 Å². The molecule has 0 aliphatic carbocycles. The molecular weight excluding hydrogens is 238 g/mol. The van der Waals surface area contributed by atoms with Crippen LogP contribution in [0.5, 0.6) is 5.75 Å². The quantitative estimate of drug-likeness (QED) is 0.921. The van der Waals surface area contributed by atoms with Crippen LogP contribution >= 0.6 is 0 Å². The number of ether oxygens (including phenoxy) is 1. The summed E-state index contributed by atoms with van der Waals surface area (Å²) in [6.07, 6.45) is 0. The zero-order chi connectivity index (χ0) is 14.2. The first kappa shape index (κ1) is 13.5. The molecule has 0 fully saturated rings. The first-order chi connectivity index (χ1) is 8.95. The Morgan fingerprint density at radius 2 is 2.00 bits per heavy atom. The van der Waals surface area contributed by atoms with Crippen LogP contribution in [0.25, 0.3) is 11.3 Å². The van der Waals surface area contributed by atoms with Gasteiger partial charge in [0.2, 0.25) is 0 Å². The van der Waals surface area contributed by atoms with Crippen LogP contribution in [-0.4, -0.2) is 16.9 Å². The summed E-state index contributed by atoms with van der Waals surface area (Å²) in [5, 5.41) is 4.49. The van der Waals surface area contributed by atoms with Crippen molar-refractivity contribution in [2.24, 2.45) is 7.05 Å². The minimum absolute atomic E-state index is 0.399. The van der Waals surface area contributed by atoms with Crippen molar-refractivity contribution >= 4 is 5.82 Å². The SMILES string of the molecule is COc1ccc(-c2nn(C)c(N)c2C)cc1C(C)C. The summed E-state index contributed by atoms with van der Waals surface area (Å²) in [5.41, 5.74) is 10.2. The maximum Gasteiger partial charge on any atom is 0.124 e. The maximum absolute atomic E-state index is 5.97. The van der Waals surface area contributed by atoms with Gasteiger partial charge in [-0.2, -0.15) is 5.10 Å². The molecule has 2 aromatic rings. The lowest BCUT2D eigenvalue weighted by molar-refractivity contribution is 0.407. The third kappa shape index (κ3) is 2.30. The number of nitrogens with zero attached hydrogens (tertiary/aromatic N) is 2. The Morgan fingerprint density at radius 3 is 2.47 bits per heavy atom. The van der Waals surface area contributed by atoms with Gasteiger partial charge in [-0.15, -0.1) is 0 Å². The van der Waals surface area contributed by atoms with Gasteiger partial charge in [-0.05, 0) is 36.6 Å². The number of aryl methyl sites for hydroxylation is 1. The van der Waals surface area contributed by atoms with Gasteiger partial charge in [0, 0.05) is 18.2 Å². The molecule has 0 aliphatic rings. The zero-order valence-electron chi connectivity index (χ0n) is 12.2. The molecule has 2 N–H and O–H groups in total. The second-order valence-corrected chi connectivity index (χ2v) is 5.09. The van der Waals surface area contributed by atoms with Crippen molar-refractivity contribution in [2.45, 2.75) is 26.7 Å². The van der Waals surface area contributed by atoms with Gasteiger partial charge in [0.1, 0.15) is 11.6 Å². The third-order valence-electron chi connectivity index (χ3n) is 3.46. The Bertz CT molecular complexity index is 600. The molecular formula is C15H21N3O. The van der Waals surface area contributed by atoms with Crippen LogP contribution in [0.4, 0.5) is 5.82 Å². The second kappa shape index (κ2) is 4.96. The highest BCUT2D eigenvalue weighted by molar-refractivity contribution is 5.69. The number of anilines is 1. The van der Waals surface area contributed by atoms with Crippen LogP contribution in [-0.2, 0) is 7.05 Å². The second-order valence-electron chi connectivity index (χ2n) is 5.09. The number of methoxy groups -OCH3 is 1. The van der Waals surface area contributed by atoms with E-state index in [1.807, 2.05) is 26.1 Å². The Morgan fingerprint density at radius 1 is 1.32 bits per heavy atom. The predicted molar refractivity (Wildman–Crippen MR) is 78.4 cm³/mol. The molecule has 0 saturated heterocycles. The van der Waals surface area contributed by atoms with Crippen LogP contribution in [0.2, 0.25) is 0 Å². The molecule has 19 heavy (non-hydrogen) atoms. The first-order valence-electron chi connectivity index (χ1n) is 6.43. The Labute approximate surface area is 114 Å². The number of hydrogen-bond acceptors (Lipinski definition) is 3. The molecule has 0 bridgehead atoms. The monoisotopic (exact) mass is 259 g/mol. The summed E-state index contributed by atoms with van der Waals surface area (Å²) in [6.45, 7) is 6.31. The van der Waals surface area contributed by atoms with Crippen LogP contribution in [0.15, 0.2) is 18.2 Å². The standard InChI is InChI=1S/C15H21N3O/c1-9(2)12-8-11(6-7-13(12)19-5)14-10(3)15(16)18(4)17-14/h6-9H,16H2,1-5H3. The summed E-state index contributed by atoms with van der Waals surface area (Å²) in [6, 6.07) is 6.16. The molecule has 0 aliphatic heterocycles. The molecule has 4 heteroatoms. The molecule has 1 aromatic heterocycles. The number of hydrogen-bond donors (Lipinski definition) is 1. The van der Waals surface area contributed by atoms with E-state index < -0.39 is 0 Å². The highest BCUT2D eigenvalue weighted by atomic mass is 16.5. The van der Waals surface area contributed by atoms with Crippen molar-refractivity contribution in [1.29, 1.82) is 0 Å². The van der Waals surface area contributed by atoms with Crippen molar-refractivity contribution in [1.82, 2.24) is 9.78 Å². The number of rotatable bonds is 3. The van der Waals surface area contributed by atoms with E-state index in [0.717, 1.165) is 22.6 Å². The highest BCUT2D eigenvalue weighted by Crippen LogP contribution is 2.33. The lowest BCUT2D eigenvalue weighted by Crippen LogP contribution is -1.97. The topological polar surface area (TPSA) is 53.1 Å². The fourth-order valence-corrected chi connectivity index (χ4v) is 2.25. The van der Waals surface area contributed by atoms with E-state index in [-0.39, 0.29) is 0 Å². The fraction of sp³-hybridized carbons (Fsp3) is 0.400. The van der Waals surface area contributed by atoms with Gasteiger partial charge in [-0.3, -0.25) is 4.68 Å². The Kier molecular flexibility index (Phi) is 3.51. The summed E-state index contributed by atoms with van der Waals surface area (Å²) in [5.74, 6) is 2.02. The van der Waals surface area contributed by atoms with Crippen LogP contribution in [0.3, 0.4) is 0 Å². The van der Waals surface area contributed by atoms with Crippen LogP contribution in [0, 0.1) is 6.92 Å². The fourth-order valence-electron chi connectivity index (χ4n) is 2.25. The van der Waals surface area contributed by atoms with Gasteiger partial charge >= 0.3 is 0 Å². The van der Waals surface area contributed by atoms with E-state index in [0.29, 0.717) is 11.7 Å². The molecule has 1 aromatic carbocycles. The van der Waals surface area contributed by atoms with Crippen molar-refractivity contribution in [3.63, 3.8) is 0 Å². The van der Waals surface area contributed by atoms with E-state index in [9.17, 15) is 0 Å². The molecule has 4 nitrogen and oxygen atoms in total. The number of benzene rings is 1. The third-order valence-corrected chi connectivity index (χ3v) is 3.46.